The van der Waals surface area contributed by atoms with Gasteiger partial charge >= 0.3 is 5.97 Å². The molecule has 0 N–H and O–H groups in total. The molecule has 1 fully saturated rings. The topological polar surface area (TPSA) is 43.4 Å². The highest BCUT2D eigenvalue weighted by molar-refractivity contribution is 6.01. The van der Waals surface area contributed by atoms with E-state index in [1.807, 2.05) is 26.0 Å². The lowest BCUT2D eigenvalue weighted by Crippen LogP contribution is -2.23. The molecule has 3 atom stereocenters. The Labute approximate surface area is 90.5 Å². The van der Waals surface area contributed by atoms with Crippen LogP contribution in [0.1, 0.15) is 27.2 Å². The lowest BCUT2D eigenvalue weighted by atomic mass is 9.97. The van der Waals surface area contributed by atoms with Gasteiger partial charge in [-0.3, -0.25) is 9.59 Å². The van der Waals surface area contributed by atoms with E-state index < -0.39 is 5.92 Å². The van der Waals surface area contributed by atoms with Crippen molar-refractivity contribution in [2.45, 2.75) is 27.2 Å². The summed E-state index contributed by atoms with van der Waals surface area (Å²) in [5, 5.41) is 0. The van der Waals surface area contributed by atoms with Gasteiger partial charge in [0.25, 0.3) is 0 Å². The highest BCUT2D eigenvalue weighted by Gasteiger charge is 2.42. The highest BCUT2D eigenvalue weighted by atomic mass is 16.5. The Bertz CT molecular complexity index is 281. The lowest BCUT2D eigenvalue weighted by Gasteiger charge is -2.06. The third-order valence-electron chi connectivity index (χ3n) is 2.95. The maximum Gasteiger partial charge on any atom is 0.316 e. The van der Waals surface area contributed by atoms with E-state index in [-0.39, 0.29) is 23.6 Å². The van der Waals surface area contributed by atoms with Crippen molar-refractivity contribution in [3.05, 3.63) is 12.2 Å². The van der Waals surface area contributed by atoms with Gasteiger partial charge in [-0.1, -0.05) is 19.1 Å². The van der Waals surface area contributed by atoms with Crippen LogP contribution in [0, 0.1) is 17.8 Å². The van der Waals surface area contributed by atoms with Gasteiger partial charge in [0.15, 0.2) is 0 Å². The fraction of sp³-hybridized carbons (Fsp3) is 0.667. The molecule has 1 saturated carbocycles. The Hall–Kier alpha value is -1.12. The molecular weight excluding hydrogens is 192 g/mol. The summed E-state index contributed by atoms with van der Waals surface area (Å²) in [5.74, 6) is -0.744. The van der Waals surface area contributed by atoms with Crippen molar-refractivity contribution in [2.24, 2.45) is 17.8 Å². The molecule has 0 aromatic heterocycles. The van der Waals surface area contributed by atoms with Gasteiger partial charge < -0.3 is 4.74 Å². The van der Waals surface area contributed by atoms with Crippen molar-refractivity contribution in [2.75, 3.05) is 6.61 Å². The van der Waals surface area contributed by atoms with Crippen molar-refractivity contribution in [3.8, 4) is 0 Å². The van der Waals surface area contributed by atoms with Crippen LogP contribution in [0.4, 0.5) is 0 Å². The molecule has 3 heteroatoms. The first-order valence-corrected chi connectivity index (χ1v) is 5.45. The first kappa shape index (κ1) is 12.0. The van der Waals surface area contributed by atoms with Crippen LogP contribution in [-0.4, -0.2) is 18.4 Å². The molecule has 0 aliphatic heterocycles. The summed E-state index contributed by atoms with van der Waals surface area (Å²) in [7, 11) is 0. The second-order valence-electron chi connectivity index (χ2n) is 3.92. The summed E-state index contributed by atoms with van der Waals surface area (Å²) >= 11 is 0. The maximum absolute atomic E-state index is 11.8. The molecule has 1 unspecified atom stereocenters. The minimum Gasteiger partial charge on any atom is -0.465 e. The largest absolute Gasteiger partial charge is 0.465 e. The Morgan fingerprint density at radius 1 is 1.60 bits per heavy atom. The van der Waals surface area contributed by atoms with Crippen LogP contribution in [0.2, 0.25) is 0 Å². The van der Waals surface area contributed by atoms with Gasteiger partial charge in [0.1, 0.15) is 11.7 Å². The zero-order valence-electron chi connectivity index (χ0n) is 9.53. The summed E-state index contributed by atoms with van der Waals surface area (Å²) in [4.78, 5) is 23.3. The van der Waals surface area contributed by atoms with E-state index in [4.69, 9.17) is 4.74 Å². The molecule has 1 aliphatic rings. The zero-order valence-corrected chi connectivity index (χ0v) is 9.53. The van der Waals surface area contributed by atoms with Crippen LogP contribution in [0.5, 0.6) is 0 Å². The normalized spacial score (nSPS) is 31.1. The summed E-state index contributed by atoms with van der Waals surface area (Å²) in [6.07, 6.45) is 4.53. The number of allylic oxidation sites excluding steroid dienone is 2. The number of ketones is 1. The fourth-order valence-corrected chi connectivity index (χ4v) is 2.07. The van der Waals surface area contributed by atoms with E-state index in [0.29, 0.717) is 13.0 Å². The second-order valence-corrected chi connectivity index (χ2v) is 3.92. The average Bonchev–Trinajstić information content (AvgIpc) is 2.47. The number of rotatable bonds is 3. The fourth-order valence-electron chi connectivity index (χ4n) is 2.07. The third kappa shape index (κ3) is 2.46. The van der Waals surface area contributed by atoms with Gasteiger partial charge in [0, 0.05) is 5.92 Å². The van der Waals surface area contributed by atoms with E-state index >= 15 is 0 Å². The monoisotopic (exact) mass is 210 g/mol. The molecule has 0 amide bonds. The molecular formula is C12H18O3. The molecule has 0 aromatic carbocycles. The number of hydrogen-bond donors (Lipinski definition) is 0. The van der Waals surface area contributed by atoms with Crippen molar-refractivity contribution >= 4 is 11.8 Å². The minimum atomic E-state index is -0.541. The summed E-state index contributed by atoms with van der Waals surface area (Å²) in [6, 6.07) is 0. The summed E-state index contributed by atoms with van der Waals surface area (Å²) in [5.41, 5.74) is 0. The number of hydrogen-bond acceptors (Lipinski definition) is 3. The SMILES string of the molecule is C/C=C/[C@@H]1CC(C(=O)OCC)C(=O)[C@H]1C. The van der Waals surface area contributed by atoms with E-state index in [1.54, 1.807) is 6.92 Å². The number of carbonyl (C=O) groups excluding carboxylic acids is 2. The first-order chi connectivity index (χ1) is 7.11. The second kappa shape index (κ2) is 5.10. The van der Waals surface area contributed by atoms with Crippen LogP contribution in [0.25, 0.3) is 0 Å². The number of carbonyl (C=O) groups is 2. The molecule has 3 nitrogen and oxygen atoms in total. The van der Waals surface area contributed by atoms with Gasteiger partial charge in [0.2, 0.25) is 0 Å². The summed E-state index contributed by atoms with van der Waals surface area (Å²) < 4.78 is 4.89. The van der Waals surface area contributed by atoms with Crippen LogP contribution in [0.15, 0.2) is 12.2 Å². The quantitative estimate of drug-likeness (QED) is 0.406. The van der Waals surface area contributed by atoms with Gasteiger partial charge in [-0.15, -0.1) is 0 Å². The van der Waals surface area contributed by atoms with Gasteiger partial charge in [0.05, 0.1) is 6.61 Å². The molecule has 15 heavy (non-hydrogen) atoms. The van der Waals surface area contributed by atoms with Gasteiger partial charge in [-0.2, -0.15) is 0 Å². The molecule has 0 radical (unpaired) electrons. The number of esters is 1. The molecule has 0 bridgehead atoms. The minimum absolute atomic E-state index is 0.0246. The van der Waals surface area contributed by atoms with Crippen LogP contribution >= 0.6 is 0 Å². The van der Waals surface area contributed by atoms with Crippen LogP contribution < -0.4 is 0 Å². The Morgan fingerprint density at radius 3 is 2.80 bits per heavy atom. The van der Waals surface area contributed by atoms with E-state index in [0.717, 1.165) is 0 Å². The van der Waals surface area contributed by atoms with Crippen molar-refractivity contribution in [1.82, 2.24) is 0 Å². The first-order valence-electron chi connectivity index (χ1n) is 5.45. The standard InChI is InChI=1S/C12H18O3/c1-4-6-9-7-10(11(13)8(9)3)12(14)15-5-2/h4,6,8-10H,5,7H2,1-3H3/b6-4+/t8-,9+,10?/m0/s1. The van der Waals surface area contributed by atoms with E-state index in [1.165, 1.54) is 0 Å². The van der Waals surface area contributed by atoms with Gasteiger partial charge in [-0.25, -0.2) is 0 Å². The Kier molecular flexibility index (Phi) is 4.06. The Balaban J connectivity index is 2.70. The molecule has 1 rings (SSSR count). The number of ether oxygens (including phenoxy) is 1. The zero-order chi connectivity index (χ0) is 11.4. The lowest BCUT2D eigenvalue weighted by molar-refractivity contribution is -0.150. The Morgan fingerprint density at radius 2 is 2.27 bits per heavy atom. The van der Waals surface area contributed by atoms with E-state index in [9.17, 15) is 9.59 Å². The molecule has 0 heterocycles. The maximum atomic E-state index is 11.8. The number of Topliss-reactive ketones (excluding diaryl/α,β-unsaturated/α-hetero) is 1. The van der Waals surface area contributed by atoms with Crippen molar-refractivity contribution < 1.29 is 14.3 Å². The van der Waals surface area contributed by atoms with Crippen molar-refractivity contribution in [1.29, 1.82) is 0 Å². The van der Waals surface area contributed by atoms with Crippen LogP contribution in [0.3, 0.4) is 0 Å². The van der Waals surface area contributed by atoms with Crippen molar-refractivity contribution in [3.63, 3.8) is 0 Å². The highest BCUT2D eigenvalue weighted by Crippen LogP contribution is 2.34. The molecule has 0 aromatic rings. The predicted octanol–water partition coefficient (Wildman–Crippen LogP) is 1.97. The predicted molar refractivity (Wildman–Crippen MR) is 57.2 cm³/mol. The molecule has 0 saturated heterocycles. The average molecular weight is 210 g/mol. The molecule has 0 spiro atoms. The third-order valence-corrected chi connectivity index (χ3v) is 2.95. The smallest absolute Gasteiger partial charge is 0.316 e. The van der Waals surface area contributed by atoms with Crippen LogP contribution in [-0.2, 0) is 14.3 Å². The van der Waals surface area contributed by atoms with Gasteiger partial charge in [-0.05, 0) is 26.2 Å². The summed E-state index contributed by atoms with van der Waals surface area (Å²) in [6.45, 7) is 5.90. The van der Waals surface area contributed by atoms with E-state index in [2.05, 4.69) is 0 Å². The molecule has 84 valence electrons. The molecule has 1 aliphatic carbocycles.